The fraction of sp³-hybridized carbons (Fsp3) is 0.273. The fourth-order valence-electron chi connectivity index (χ4n) is 1.23. The molecule has 1 rings (SSSR count). The second-order valence-corrected chi connectivity index (χ2v) is 3.71. The minimum atomic E-state index is -1.37. The standard InChI is InChI=1S/C11H12ClNO3/c1-2-3-10(14)13-9-5-4-7(12)6-8(9)11(15)16/h4-6H,2-3H2,1H3,(H,13,14)(H,15,16)/p-1. The highest BCUT2D eigenvalue weighted by Crippen LogP contribution is 2.20. The lowest BCUT2D eigenvalue weighted by Crippen LogP contribution is -2.24. The predicted octanol–water partition coefficient (Wildman–Crippen LogP) is 1.44. The van der Waals surface area contributed by atoms with E-state index in [2.05, 4.69) is 5.32 Å². The molecule has 0 aliphatic heterocycles. The first kappa shape index (κ1) is 12.5. The van der Waals surface area contributed by atoms with Crippen LogP contribution in [0, 0.1) is 0 Å². The van der Waals surface area contributed by atoms with Crippen molar-refractivity contribution < 1.29 is 14.7 Å². The molecule has 0 spiro atoms. The topological polar surface area (TPSA) is 69.2 Å². The maximum absolute atomic E-state index is 11.3. The molecule has 1 N–H and O–H groups in total. The monoisotopic (exact) mass is 240 g/mol. The van der Waals surface area contributed by atoms with Gasteiger partial charge in [-0.15, -0.1) is 0 Å². The van der Waals surface area contributed by atoms with E-state index in [-0.39, 0.29) is 22.2 Å². The summed E-state index contributed by atoms with van der Waals surface area (Å²) < 4.78 is 0. The first-order chi connectivity index (χ1) is 7.54. The van der Waals surface area contributed by atoms with E-state index in [1.807, 2.05) is 6.92 Å². The molecule has 0 bridgehead atoms. The van der Waals surface area contributed by atoms with E-state index in [0.29, 0.717) is 12.8 Å². The molecular weight excluding hydrogens is 230 g/mol. The van der Waals surface area contributed by atoms with Crippen LogP contribution < -0.4 is 10.4 Å². The molecule has 0 unspecified atom stereocenters. The van der Waals surface area contributed by atoms with E-state index in [0.717, 1.165) is 0 Å². The summed E-state index contributed by atoms with van der Waals surface area (Å²) in [6.07, 6.45) is 1.04. The van der Waals surface area contributed by atoms with E-state index in [9.17, 15) is 14.7 Å². The Morgan fingerprint density at radius 2 is 2.12 bits per heavy atom. The Labute approximate surface area is 98.2 Å². The van der Waals surface area contributed by atoms with Crippen LogP contribution in [0.2, 0.25) is 5.02 Å². The molecule has 5 heteroatoms. The number of carbonyl (C=O) groups is 2. The Bertz CT molecular complexity index is 418. The van der Waals surface area contributed by atoms with Gasteiger partial charge in [-0.05, 0) is 24.6 Å². The number of carboxylic acids is 1. The molecule has 86 valence electrons. The summed E-state index contributed by atoms with van der Waals surface area (Å²) in [5.41, 5.74) is 0.0970. The van der Waals surface area contributed by atoms with Gasteiger partial charge in [-0.3, -0.25) is 4.79 Å². The van der Waals surface area contributed by atoms with Crippen molar-refractivity contribution in [2.75, 3.05) is 5.32 Å². The molecule has 16 heavy (non-hydrogen) atoms. The third-order valence-electron chi connectivity index (χ3n) is 1.95. The summed E-state index contributed by atoms with van der Waals surface area (Å²) in [5, 5.41) is 13.6. The van der Waals surface area contributed by atoms with Gasteiger partial charge in [0.15, 0.2) is 0 Å². The van der Waals surface area contributed by atoms with Crippen LogP contribution in [-0.2, 0) is 4.79 Å². The molecule has 1 aromatic carbocycles. The lowest BCUT2D eigenvalue weighted by atomic mass is 10.1. The third kappa shape index (κ3) is 3.24. The molecule has 0 saturated heterocycles. The average molecular weight is 241 g/mol. The first-order valence-electron chi connectivity index (χ1n) is 4.85. The van der Waals surface area contributed by atoms with Gasteiger partial charge in [0.1, 0.15) is 0 Å². The molecular formula is C11H11ClNO3-. The highest BCUT2D eigenvalue weighted by Gasteiger charge is 2.07. The normalized spacial score (nSPS) is 9.88. The Morgan fingerprint density at radius 1 is 1.44 bits per heavy atom. The fourth-order valence-corrected chi connectivity index (χ4v) is 1.41. The van der Waals surface area contributed by atoms with Crippen LogP contribution in [0.5, 0.6) is 0 Å². The van der Waals surface area contributed by atoms with Crippen molar-refractivity contribution in [3.8, 4) is 0 Å². The molecule has 0 aliphatic carbocycles. The van der Waals surface area contributed by atoms with Crippen molar-refractivity contribution in [1.82, 2.24) is 0 Å². The predicted molar refractivity (Wildman–Crippen MR) is 59.3 cm³/mol. The van der Waals surface area contributed by atoms with Gasteiger partial charge in [-0.1, -0.05) is 18.5 Å². The summed E-state index contributed by atoms with van der Waals surface area (Å²) in [6, 6.07) is 4.20. The van der Waals surface area contributed by atoms with Crippen molar-refractivity contribution in [2.24, 2.45) is 0 Å². The lowest BCUT2D eigenvalue weighted by Gasteiger charge is -2.11. The van der Waals surface area contributed by atoms with Gasteiger partial charge in [0.25, 0.3) is 0 Å². The number of anilines is 1. The number of hydrogen-bond donors (Lipinski definition) is 1. The van der Waals surface area contributed by atoms with E-state index in [4.69, 9.17) is 11.6 Å². The molecule has 0 heterocycles. The van der Waals surface area contributed by atoms with Gasteiger partial charge < -0.3 is 15.2 Å². The van der Waals surface area contributed by atoms with Crippen LogP contribution in [0.3, 0.4) is 0 Å². The van der Waals surface area contributed by atoms with Crippen LogP contribution in [0.25, 0.3) is 0 Å². The SMILES string of the molecule is CCCC(=O)Nc1ccc(Cl)cc1C(=O)[O-]. The van der Waals surface area contributed by atoms with E-state index in [1.165, 1.54) is 18.2 Å². The highest BCUT2D eigenvalue weighted by atomic mass is 35.5. The summed E-state index contributed by atoms with van der Waals surface area (Å²) >= 11 is 5.65. The third-order valence-corrected chi connectivity index (χ3v) is 2.19. The molecule has 0 aliphatic rings. The number of amides is 1. The lowest BCUT2D eigenvalue weighted by molar-refractivity contribution is -0.254. The number of benzene rings is 1. The van der Waals surface area contributed by atoms with Gasteiger partial charge in [0.2, 0.25) is 5.91 Å². The molecule has 0 saturated carbocycles. The van der Waals surface area contributed by atoms with E-state index < -0.39 is 5.97 Å². The molecule has 1 aromatic rings. The second-order valence-electron chi connectivity index (χ2n) is 3.28. The summed E-state index contributed by atoms with van der Waals surface area (Å²) in [7, 11) is 0. The van der Waals surface area contributed by atoms with Crippen LogP contribution in [0.15, 0.2) is 18.2 Å². The Kier molecular flexibility index (Phi) is 4.31. The minimum Gasteiger partial charge on any atom is -0.545 e. The van der Waals surface area contributed by atoms with Crippen LogP contribution >= 0.6 is 11.6 Å². The highest BCUT2D eigenvalue weighted by molar-refractivity contribution is 6.31. The number of carboxylic acid groups (broad SMARTS) is 1. The number of aromatic carboxylic acids is 1. The van der Waals surface area contributed by atoms with Crippen molar-refractivity contribution in [3.63, 3.8) is 0 Å². The van der Waals surface area contributed by atoms with Gasteiger partial charge in [0, 0.05) is 22.7 Å². The minimum absolute atomic E-state index is 0.114. The average Bonchev–Trinajstić information content (AvgIpc) is 2.20. The van der Waals surface area contributed by atoms with E-state index >= 15 is 0 Å². The molecule has 0 fully saturated rings. The number of nitrogens with one attached hydrogen (secondary N) is 1. The van der Waals surface area contributed by atoms with E-state index in [1.54, 1.807) is 0 Å². The van der Waals surface area contributed by atoms with Crippen molar-refractivity contribution >= 4 is 29.2 Å². The number of halogens is 1. The van der Waals surface area contributed by atoms with Gasteiger partial charge in [0.05, 0.1) is 5.97 Å². The Balaban J connectivity index is 2.95. The summed E-state index contributed by atoms with van der Waals surface area (Å²) in [6.45, 7) is 1.86. The molecule has 0 atom stereocenters. The maximum atomic E-state index is 11.3. The zero-order chi connectivity index (χ0) is 12.1. The zero-order valence-electron chi connectivity index (χ0n) is 8.75. The molecule has 0 radical (unpaired) electrons. The van der Waals surface area contributed by atoms with Crippen molar-refractivity contribution in [2.45, 2.75) is 19.8 Å². The van der Waals surface area contributed by atoms with Gasteiger partial charge >= 0.3 is 0 Å². The zero-order valence-corrected chi connectivity index (χ0v) is 9.50. The Hall–Kier alpha value is -1.55. The smallest absolute Gasteiger partial charge is 0.224 e. The first-order valence-corrected chi connectivity index (χ1v) is 5.23. The summed E-state index contributed by atoms with van der Waals surface area (Å²) in [5.74, 6) is -1.60. The quantitative estimate of drug-likeness (QED) is 0.866. The van der Waals surface area contributed by atoms with Crippen LogP contribution in [0.1, 0.15) is 30.1 Å². The van der Waals surface area contributed by atoms with Crippen LogP contribution in [0.4, 0.5) is 5.69 Å². The van der Waals surface area contributed by atoms with Crippen molar-refractivity contribution in [1.29, 1.82) is 0 Å². The number of rotatable bonds is 4. The van der Waals surface area contributed by atoms with Crippen LogP contribution in [-0.4, -0.2) is 11.9 Å². The molecule has 4 nitrogen and oxygen atoms in total. The summed E-state index contributed by atoms with van der Waals surface area (Å²) in [4.78, 5) is 22.1. The largest absolute Gasteiger partial charge is 0.545 e. The van der Waals surface area contributed by atoms with Gasteiger partial charge in [-0.2, -0.15) is 0 Å². The molecule has 0 aromatic heterocycles. The second kappa shape index (κ2) is 5.51. The maximum Gasteiger partial charge on any atom is 0.224 e. The number of hydrogen-bond acceptors (Lipinski definition) is 3. The molecule has 1 amide bonds. The number of carbonyl (C=O) groups excluding carboxylic acids is 2. The Morgan fingerprint density at radius 3 is 2.69 bits per heavy atom. The van der Waals surface area contributed by atoms with Crippen molar-refractivity contribution in [3.05, 3.63) is 28.8 Å². The van der Waals surface area contributed by atoms with Gasteiger partial charge in [-0.25, -0.2) is 0 Å².